The highest BCUT2D eigenvalue weighted by atomic mass is 16.7. The first-order valence-corrected chi connectivity index (χ1v) is 19.8. The molecule has 0 aromatic heterocycles. The van der Waals surface area contributed by atoms with Gasteiger partial charge in [0, 0.05) is 32.1 Å². The van der Waals surface area contributed by atoms with Gasteiger partial charge in [-0.25, -0.2) is 0 Å². The van der Waals surface area contributed by atoms with Gasteiger partial charge in [0.2, 0.25) is 13.6 Å². The third kappa shape index (κ3) is 39.6. The van der Waals surface area contributed by atoms with Gasteiger partial charge in [-0.05, 0) is 52.9 Å². The van der Waals surface area contributed by atoms with E-state index in [1.54, 1.807) is 20.8 Å². The fourth-order valence-corrected chi connectivity index (χ4v) is 4.92. The molecule has 0 aliphatic heterocycles. The van der Waals surface area contributed by atoms with E-state index in [-0.39, 0.29) is 49.9 Å². The zero-order valence-electron chi connectivity index (χ0n) is 33.2. The van der Waals surface area contributed by atoms with E-state index in [0.29, 0.717) is 25.7 Å². The van der Waals surface area contributed by atoms with Gasteiger partial charge in [-0.1, -0.05) is 110 Å². The molecule has 0 saturated carbocycles. The number of unbranched alkanes of at least 4 members (excludes halogenated alkanes) is 18. The second-order valence-electron chi connectivity index (χ2n) is 14.3. The Kier molecular flexibility index (Phi) is 35.4. The molecule has 52 heavy (non-hydrogen) atoms. The van der Waals surface area contributed by atoms with E-state index in [4.69, 9.17) is 24.1 Å². The molecule has 0 amide bonds. The molecule has 12 heteroatoms. The lowest BCUT2D eigenvalue weighted by molar-refractivity contribution is -0.173. The maximum absolute atomic E-state index is 11.6. The zero-order valence-corrected chi connectivity index (χ0v) is 33.2. The summed E-state index contributed by atoms with van der Waals surface area (Å²) in [5.74, 6) is -2.20. The zero-order chi connectivity index (χ0) is 39.3. The number of methoxy groups -OCH3 is 1. The van der Waals surface area contributed by atoms with Crippen LogP contribution in [0.25, 0.3) is 0 Å². The highest BCUT2D eigenvalue weighted by Crippen LogP contribution is 2.16. The van der Waals surface area contributed by atoms with Gasteiger partial charge in [0.1, 0.15) is 0 Å². The van der Waals surface area contributed by atoms with E-state index in [2.05, 4.69) is 11.7 Å². The monoisotopic (exact) mass is 745 g/mol. The minimum absolute atomic E-state index is 0.139. The summed E-state index contributed by atoms with van der Waals surface area (Å²) >= 11 is 0. The Labute approximate surface area is 313 Å². The van der Waals surface area contributed by atoms with Gasteiger partial charge in [0.05, 0.1) is 12.5 Å². The lowest BCUT2D eigenvalue weighted by Gasteiger charge is -2.16. The fraction of sp³-hybridized carbons (Fsp3) is 0.850. The van der Waals surface area contributed by atoms with E-state index >= 15 is 0 Å². The van der Waals surface area contributed by atoms with Gasteiger partial charge in [-0.3, -0.25) is 28.8 Å². The van der Waals surface area contributed by atoms with Gasteiger partial charge in [0.15, 0.2) is 0 Å². The number of hydrogen-bond donors (Lipinski definition) is 1. The van der Waals surface area contributed by atoms with Crippen LogP contribution in [0.15, 0.2) is 0 Å². The molecule has 0 unspecified atom stereocenters. The molecule has 0 atom stereocenters. The van der Waals surface area contributed by atoms with Gasteiger partial charge < -0.3 is 28.8 Å². The number of carbonyl (C=O) groups is 6. The second kappa shape index (κ2) is 36.2. The maximum atomic E-state index is 11.6. The van der Waals surface area contributed by atoms with Crippen LogP contribution in [-0.4, -0.2) is 61.6 Å². The number of rotatable bonds is 32. The fourth-order valence-electron chi connectivity index (χ4n) is 4.92. The Morgan fingerprint density at radius 1 is 0.423 bits per heavy atom. The molecule has 0 aliphatic carbocycles. The number of ether oxygens (including phenoxy) is 5. The molecule has 0 bridgehead atoms. The van der Waals surface area contributed by atoms with Crippen molar-refractivity contribution in [3.63, 3.8) is 0 Å². The second-order valence-corrected chi connectivity index (χ2v) is 14.3. The minimum atomic E-state index is -0.723. The van der Waals surface area contributed by atoms with Crippen molar-refractivity contribution in [3.05, 3.63) is 0 Å². The average molecular weight is 745 g/mol. The number of carboxylic acids is 1. The van der Waals surface area contributed by atoms with Crippen molar-refractivity contribution >= 4 is 35.8 Å². The van der Waals surface area contributed by atoms with Crippen molar-refractivity contribution in [2.45, 2.75) is 195 Å². The van der Waals surface area contributed by atoms with E-state index in [1.807, 2.05) is 0 Å². The van der Waals surface area contributed by atoms with E-state index < -0.39 is 11.4 Å². The summed E-state index contributed by atoms with van der Waals surface area (Å²) in [7, 11) is 1.41. The van der Waals surface area contributed by atoms with Crippen LogP contribution in [0.3, 0.4) is 0 Å². The number of hydrogen-bond acceptors (Lipinski definition) is 11. The van der Waals surface area contributed by atoms with Crippen molar-refractivity contribution in [1.82, 2.24) is 0 Å². The van der Waals surface area contributed by atoms with Crippen molar-refractivity contribution in [2.24, 2.45) is 5.41 Å². The summed E-state index contributed by atoms with van der Waals surface area (Å²) in [6, 6.07) is 0. The average Bonchev–Trinajstić information content (AvgIpc) is 3.09. The smallest absolute Gasteiger partial charge is 0.314 e. The summed E-state index contributed by atoms with van der Waals surface area (Å²) in [5, 5.41) is 8.54. The molecule has 0 fully saturated rings. The van der Waals surface area contributed by atoms with E-state index in [1.165, 1.54) is 20.0 Å². The quantitative estimate of drug-likeness (QED) is 0.0300. The maximum Gasteiger partial charge on any atom is 0.314 e. The van der Waals surface area contributed by atoms with E-state index in [0.717, 1.165) is 122 Å². The largest absolute Gasteiger partial charge is 0.481 e. The van der Waals surface area contributed by atoms with E-state index in [9.17, 15) is 28.8 Å². The van der Waals surface area contributed by atoms with Crippen LogP contribution in [0.2, 0.25) is 0 Å². The van der Waals surface area contributed by atoms with Gasteiger partial charge in [-0.15, -0.1) is 0 Å². The van der Waals surface area contributed by atoms with Crippen LogP contribution in [0.5, 0.6) is 0 Å². The summed E-state index contributed by atoms with van der Waals surface area (Å²) in [6.45, 7) is 6.81. The Balaban J connectivity index is 0. The molecule has 0 heterocycles. The number of carbonyl (C=O) groups excluding carboxylic acids is 5. The molecule has 0 saturated heterocycles. The number of aliphatic carboxylic acids is 1. The summed E-state index contributed by atoms with van der Waals surface area (Å²) < 4.78 is 24.2. The normalized spacial score (nSPS) is 10.8. The topological polar surface area (TPSA) is 169 Å². The van der Waals surface area contributed by atoms with Crippen LogP contribution in [0.4, 0.5) is 0 Å². The first kappa shape index (κ1) is 50.9. The molecule has 12 nitrogen and oxygen atoms in total. The van der Waals surface area contributed by atoms with Gasteiger partial charge in [-0.2, -0.15) is 0 Å². The molecule has 1 N–H and O–H groups in total. The summed E-state index contributed by atoms with van der Waals surface area (Å²) in [6.07, 6.45) is 23.3. The number of esters is 5. The van der Waals surface area contributed by atoms with Crippen LogP contribution >= 0.6 is 0 Å². The molecular formula is C40H72O12. The molecular weight excluding hydrogens is 672 g/mol. The summed E-state index contributed by atoms with van der Waals surface area (Å²) in [4.78, 5) is 67.3. The first-order chi connectivity index (χ1) is 24.8. The van der Waals surface area contributed by atoms with Crippen molar-refractivity contribution < 1.29 is 57.6 Å². The van der Waals surface area contributed by atoms with Gasteiger partial charge >= 0.3 is 35.8 Å². The lowest BCUT2D eigenvalue weighted by atomic mass is 9.98. The Bertz CT molecular complexity index is 941. The molecule has 304 valence electrons. The predicted molar refractivity (Wildman–Crippen MR) is 199 cm³/mol. The van der Waals surface area contributed by atoms with Crippen molar-refractivity contribution in [2.75, 3.05) is 20.7 Å². The molecule has 0 spiro atoms. The highest BCUT2D eigenvalue weighted by molar-refractivity contribution is 5.75. The molecule has 0 aromatic carbocycles. The Morgan fingerprint density at radius 3 is 1.02 bits per heavy atom. The van der Waals surface area contributed by atoms with Crippen LogP contribution < -0.4 is 0 Å². The Hall–Kier alpha value is -3.18. The van der Waals surface area contributed by atoms with Crippen LogP contribution in [0, 0.1) is 5.41 Å². The van der Waals surface area contributed by atoms with Gasteiger partial charge in [0.25, 0.3) is 0 Å². The van der Waals surface area contributed by atoms with Crippen LogP contribution in [0.1, 0.15) is 195 Å². The van der Waals surface area contributed by atoms with Crippen molar-refractivity contribution in [1.29, 1.82) is 0 Å². The molecule has 0 rings (SSSR count). The third-order valence-electron chi connectivity index (χ3n) is 8.21. The number of carboxylic acid groups (broad SMARTS) is 1. The van der Waals surface area contributed by atoms with Crippen molar-refractivity contribution in [3.8, 4) is 0 Å². The van der Waals surface area contributed by atoms with Crippen LogP contribution in [-0.2, 0) is 52.5 Å². The molecule has 0 radical (unpaired) electrons. The lowest BCUT2D eigenvalue weighted by Crippen LogP contribution is -2.24. The summed E-state index contributed by atoms with van der Waals surface area (Å²) in [5.41, 5.74) is -0.592. The third-order valence-corrected chi connectivity index (χ3v) is 8.21. The highest BCUT2D eigenvalue weighted by Gasteiger charge is 2.23. The SMILES string of the molecule is CCCCCCCC(=O)OCOC(=O)CCCCCCCCCCC(=O)O.COC(=O)CCCCCCCCCCC(=O)OCOC(=O)C(C)(C)C. The standard InChI is InChI=1S/C21H38O6.C19H34O6/c1-2-3-4-9-13-16-20(24)26-18-27-21(25)17-14-11-8-6-5-7-10-12-15-19(22)23;1-19(2,3)18(22)25-15-24-17(21)14-12-10-8-6-5-7-9-11-13-16(20)23-4/h2-18H2,1H3,(H,22,23);5-15H2,1-4H3. The molecule has 0 aliphatic rings. The minimum Gasteiger partial charge on any atom is -0.481 e. The predicted octanol–water partition coefficient (Wildman–Crippen LogP) is 9.53. The first-order valence-electron chi connectivity index (χ1n) is 19.8. The Morgan fingerprint density at radius 2 is 0.712 bits per heavy atom. The molecule has 0 aromatic rings.